The normalized spacial score (nSPS) is 27.5. The van der Waals surface area contributed by atoms with Crippen LogP contribution in [0.4, 0.5) is 0 Å². The summed E-state index contributed by atoms with van der Waals surface area (Å²) in [6, 6.07) is 0.490. The maximum atomic E-state index is 12.0. The van der Waals surface area contributed by atoms with Crippen LogP contribution in [0.1, 0.15) is 75.2 Å². The molecule has 0 aromatic carbocycles. The second-order valence-corrected chi connectivity index (χ2v) is 17.3. The van der Waals surface area contributed by atoms with Crippen LogP contribution in [-0.4, -0.2) is 56.1 Å². The molecule has 3 fully saturated rings. The minimum absolute atomic E-state index is 0. The van der Waals surface area contributed by atoms with Gasteiger partial charge in [0.05, 0.1) is 25.3 Å². The first-order chi connectivity index (χ1) is 13.3. The van der Waals surface area contributed by atoms with Gasteiger partial charge in [-0.2, -0.15) is 27.0 Å². The van der Waals surface area contributed by atoms with Gasteiger partial charge in [-0.3, -0.25) is 9.59 Å². The minimum Gasteiger partial charge on any atom is -0.415 e. The summed E-state index contributed by atoms with van der Waals surface area (Å²) in [5.74, 6) is 0.390. The molecule has 3 rings (SSSR count). The predicted molar refractivity (Wildman–Crippen MR) is 143 cm³/mol. The van der Waals surface area contributed by atoms with E-state index in [1.165, 1.54) is 0 Å². The molecule has 2 amide bonds. The van der Waals surface area contributed by atoms with Crippen LogP contribution in [0.15, 0.2) is 0 Å². The van der Waals surface area contributed by atoms with Gasteiger partial charge in [-0.1, -0.05) is 48.5 Å². The van der Waals surface area contributed by atoms with E-state index in [1.54, 1.807) is 0 Å². The maximum Gasteiger partial charge on any atom is 0.230 e. The lowest BCUT2D eigenvalue weighted by atomic mass is 9.90. The molecule has 0 aromatic heterocycles. The van der Waals surface area contributed by atoms with Crippen LogP contribution in [-0.2, 0) is 18.8 Å². The van der Waals surface area contributed by atoms with Crippen molar-refractivity contribution in [3.8, 4) is 0 Å². The molecule has 3 aliphatic rings. The first kappa shape index (κ1) is 31.8. The summed E-state index contributed by atoms with van der Waals surface area (Å²) >= 11 is 0. The molecule has 0 saturated carbocycles. The van der Waals surface area contributed by atoms with E-state index >= 15 is 0 Å². The third kappa shape index (κ3) is 6.68. The highest BCUT2D eigenvalue weighted by molar-refractivity contribution is 7.59. The summed E-state index contributed by atoms with van der Waals surface area (Å²) in [5.41, 5.74) is -0.817. The highest BCUT2D eigenvalue weighted by Crippen LogP contribution is 2.43. The first-order valence-corrected chi connectivity index (χ1v) is 14.1. The molecule has 6 nitrogen and oxygen atoms in total. The third-order valence-electron chi connectivity index (χ3n) is 7.28. The van der Waals surface area contributed by atoms with Crippen LogP contribution in [0.25, 0.3) is 0 Å². The molecule has 0 aliphatic carbocycles. The van der Waals surface area contributed by atoms with E-state index in [9.17, 15) is 9.59 Å². The molecule has 2 atom stereocenters. The SMILES string of the molecule is CC1(C)C[C@@H](CO[Si](C)(C)C(C)(C)C)NC1=O.CC1(C)C[C@H]2COC(C)(C)N2C1=O.S.S. The van der Waals surface area contributed by atoms with Crippen LogP contribution in [0.2, 0.25) is 18.1 Å². The van der Waals surface area contributed by atoms with Crippen molar-refractivity contribution in [1.29, 1.82) is 0 Å². The lowest BCUT2D eigenvalue weighted by Gasteiger charge is -2.37. The molecular formula is C23H48N2O4S2Si. The summed E-state index contributed by atoms with van der Waals surface area (Å²) in [7, 11) is -1.69. The maximum absolute atomic E-state index is 12.0. The molecular weight excluding hydrogens is 460 g/mol. The molecule has 9 heteroatoms. The quantitative estimate of drug-likeness (QED) is 0.569. The Bertz CT molecular complexity index is 690. The summed E-state index contributed by atoms with van der Waals surface area (Å²) < 4.78 is 11.7. The van der Waals surface area contributed by atoms with Gasteiger partial charge >= 0.3 is 0 Å². The van der Waals surface area contributed by atoms with Crippen molar-refractivity contribution in [2.45, 2.75) is 111 Å². The topological polar surface area (TPSA) is 67.9 Å². The number of ether oxygens (including phenoxy) is 1. The number of hydrogen-bond acceptors (Lipinski definition) is 4. The zero-order valence-electron chi connectivity index (χ0n) is 22.1. The fourth-order valence-corrected chi connectivity index (χ4v) is 5.26. The van der Waals surface area contributed by atoms with Crippen molar-refractivity contribution in [1.82, 2.24) is 10.2 Å². The molecule has 32 heavy (non-hydrogen) atoms. The second-order valence-electron chi connectivity index (χ2n) is 12.5. The van der Waals surface area contributed by atoms with Crippen molar-refractivity contribution < 1.29 is 18.8 Å². The summed E-state index contributed by atoms with van der Waals surface area (Å²) in [5, 5.41) is 3.25. The smallest absolute Gasteiger partial charge is 0.230 e. The average molecular weight is 509 g/mol. The number of nitrogens with one attached hydrogen (secondary N) is 1. The Kier molecular flexibility index (Phi) is 10.1. The lowest BCUT2D eigenvalue weighted by molar-refractivity contribution is -0.148. The Morgan fingerprint density at radius 2 is 1.56 bits per heavy atom. The monoisotopic (exact) mass is 508 g/mol. The lowest BCUT2D eigenvalue weighted by Crippen LogP contribution is -2.45. The van der Waals surface area contributed by atoms with E-state index in [1.807, 2.05) is 46.4 Å². The van der Waals surface area contributed by atoms with Crippen molar-refractivity contribution in [2.24, 2.45) is 10.8 Å². The standard InChI is InChI=1S/C13H27NO2Si.C10H17NO2.2H2S/c1-12(2,3)17(6,7)16-9-10-8-13(4,5)11(15)14-10;1-9(2)5-7-6-13-10(3,4)11(7)8(9)12;;/h10H,8-9H2,1-7H3,(H,14,15);7H,5-6H2,1-4H3;2*1H2/t10-;7-;;/m00../s1. The second kappa shape index (κ2) is 10.2. The van der Waals surface area contributed by atoms with E-state index in [0.29, 0.717) is 19.3 Å². The number of carbonyl (C=O) groups excluding carboxylic acids is 2. The molecule has 3 aliphatic heterocycles. The van der Waals surface area contributed by atoms with E-state index in [0.717, 1.165) is 12.8 Å². The van der Waals surface area contributed by atoms with Gasteiger partial charge in [0.2, 0.25) is 11.8 Å². The number of nitrogens with zero attached hydrogens (tertiary/aromatic N) is 1. The minimum atomic E-state index is -1.69. The molecule has 0 radical (unpaired) electrons. The number of hydrogen-bond donors (Lipinski definition) is 1. The first-order valence-electron chi connectivity index (χ1n) is 11.2. The molecule has 0 unspecified atom stereocenters. The number of amides is 2. The number of carbonyl (C=O) groups is 2. The van der Waals surface area contributed by atoms with Crippen molar-refractivity contribution >= 4 is 47.1 Å². The average Bonchev–Trinajstić information content (AvgIpc) is 3.08. The molecule has 3 saturated heterocycles. The van der Waals surface area contributed by atoms with Gasteiger partial charge in [0.1, 0.15) is 5.72 Å². The van der Waals surface area contributed by atoms with Gasteiger partial charge in [0.15, 0.2) is 8.32 Å². The highest BCUT2D eigenvalue weighted by atomic mass is 32.1. The van der Waals surface area contributed by atoms with Gasteiger partial charge in [-0.15, -0.1) is 0 Å². The molecule has 0 aromatic rings. The Labute approximate surface area is 211 Å². The Morgan fingerprint density at radius 3 is 1.97 bits per heavy atom. The highest BCUT2D eigenvalue weighted by Gasteiger charge is 2.54. The van der Waals surface area contributed by atoms with Crippen molar-refractivity contribution in [2.75, 3.05) is 13.2 Å². The van der Waals surface area contributed by atoms with Crippen molar-refractivity contribution in [3.63, 3.8) is 0 Å². The number of fused-ring (bicyclic) bond motifs is 1. The molecule has 0 bridgehead atoms. The zero-order chi connectivity index (χ0) is 23.3. The number of rotatable bonds is 3. The van der Waals surface area contributed by atoms with Crippen LogP contribution >= 0.6 is 27.0 Å². The van der Waals surface area contributed by atoms with E-state index in [4.69, 9.17) is 9.16 Å². The Morgan fingerprint density at radius 1 is 1.03 bits per heavy atom. The summed E-state index contributed by atoms with van der Waals surface area (Å²) in [4.78, 5) is 25.6. The van der Waals surface area contributed by atoms with Gasteiger partial charge in [-0.05, 0) is 44.8 Å². The third-order valence-corrected chi connectivity index (χ3v) is 11.8. The largest absolute Gasteiger partial charge is 0.415 e. The van der Waals surface area contributed by atoms with Gasteiger partial charge < -0.3 is 19.4 Å². The Hall–Kier alpha value is -0.223. The fraction of sp³-hybridized carbons (Fsp3) is 0.913. The Balaban J connectivity index is 0.000000580. The van der Waals surface area contributed by atoms with E-state index in [2.05, 4.69) is 39.2 Å². The summed E-state index contributed by atoms with van der Waals surface area (Å²) in [6.45, 7) is 24.5. The predicted octanol–water partition coefficient (Wildman–Crippen LogP) is 4.53. The van der Waals surface area contributed by atoms with Crippen LogP contribution in [0, 0.1) is 10.8 Å². The molecule has 0 spiro atoms. The van der Waals surface area contributed by atoms with Crippen LogP contribution in [0.3, 0.4) is 0 Å². The zero-order valence-corrected chi connectivity index (χ0v) is 25.1. The van der Waals surface area contributed by atoms with E-state index < -0.39 is 14.0 Å². The summed E-state index contributed by atoms with van der Waals surface area (Å²) in [6.07, 6.45) is 1.80. The molecule has 3 heterocycles. The van der Waals surface area contributed by atoms with Gasteiger partial charge in [0.25, 0.3) is 0 Å². The van der Waals surface area contributed by atoms with Crippen LogP contribution in [0.5, 0.6) is 0 Å². The van der Waals surface area contributed by atoms with Crippen molar-refractivity contribution in [3.05, 3.63) is 0 Å². The van der Waals surface area contributed by atoms with Gasteiger partial charge in [0, 0.05) is 10.8 Å². The van der Waals surface area contributed by atoms with E-state index in [-0.39, 0.29) is 60.7 Å². The fourth-order valence-electron chi connectivity index (χ4n) is 4.21. The molecule has 1 N–H and O–H groups in total. The van der Waals surface area contributed by atoms with Crippen LogP contribution < -0.4 is 5.32 Å². The molecule has 190 valence electrons. The van der Waals surface area contributed by atoms with Gasteiger partial charge in [-0.25, -0.2) is 0 Å².